The maximum atomic E-state index is 5.40. The molecule has 0 radical (unpaired) electrons. The Hall–Kier alpha value is -0.960. The number of hydrogen-bond donors (Lipinski definition) is 1. The molecule has 1 aromatic rings. The third-order valence-corrected chi connectivity index (χ3v) is 1.69. The minimum atomic E-state index is 0.745. The van der Waals surface area contributed by atoms with Gasteiger partial charge in [0.05, 0.1) is 12.4 Å². The van der Waals surface area contributed by atoms with E-state index in [9.17, 15) is 0 Å². The van der Waals surface area contributed by atoms with E-state index in [1.807, 2.05) is 19.4 Å². The topological polar surface area (TPSA) is 42.8 Å². The summed E-state index contributed by atoms with van der Waals surface area (Å²) in [6, 6.07) is 0. The predicted molar refractivity (Wildman–Crippen MR) is 42.8 cm³/mol. The molecule has 60 valence electrons. The first-order valence-electron chi connectivity index (χ1n) is 3.83. The van der Waals surface area contributed by atoms with E-state index in [1.54, 1.807) is 6.20 Å². The van der Waals surface area contributed by atoms with Crippen LogP contribution in [0.1, 0.15) is 12.1 Å². The van der Waals surface area contributed by atoms with Gasteiger partial charge in [0.2, 0.25) is 0 Å². The van der Waals surface area contributed by atoms with Gasteiger partial charge in [0.25, 0.3) is 0 Å². The Morgan fingerprint density at radius 2 is 2.45 bits per heavy atom. The minimum Gasteiger partial charge on any atom is -0.330 e. The Labute approximate surface area is 66.9 Å². The molecular weight excluding hydrogens is 138 g/mol. The Morgan fingerprint density at radius 1 is 1.64 bits per heavy atom. The average Bonchev–Trinajstić information content (AvgIpc) is 2.03. The molecule has 0 saturated heterocycles. The summed E-state index contributed by atoms with van der Waals surface area (Å²) in [4.78, 5) is 4.04. The van der Waals surface area contributed by atoms with Crippen molar-refractivity contribution in [2.45, 2.75) is 12.8 Å². The van der Waals surface area contributed by atoms with Gasteiger partial charge >= 0.3 is 0 Å². The van der Waals surface area contributed by atoms with Crippen molar-refractivity contribution >= 4 is 0 Å². The highest BCUT2D eigenvalue weighted by Crippen LogP contribution is 1.91. The van der Waals surface area contributed by atoms with Crippen LogP contribution in [0, 0.1) is 0 Å². The second kappa shape index (κ2) is 4.03. The SMILES string of the molecule is C[n+]1ccncc1CCCN. The van der Waals surface area contributed by atoms with E-state index in [-0.39, 0.29) is 0 Å². The molecule has 0 bridgehead atoms. The fourth-order valence-corrected chi connectivity index (χ4v) is 0.978. The first kappa shape index (κ1) is 8.14. The highest BCUT2D eigenvalue weighted by Gasteiger charge is 2.02. The van der Waals surface area contributed by atoms with Crippen molar-refractivity contribution < 1.29 is 4.57 Å². The average molecular weight is 152 g/mol. The number of aryl methyl sites for hydroxylation is 2. The van der Waals surface area contributed by atoms with Crippen LogP contribution in [0.4, 0.5) is 0 Å². The molecule has 0 aliphatic heterocycles. The number of nitrogens with zero attached hydrogens (tertiary/aromatic N) is 2. The normalized spacial score (nSPS) is 10.0. The van der Waals surface area contributed by atoms with Crippen molar-refractivity contribution in [1.82, 2.24) is 4.98 Å². The molecule has 1 rings (SSSR count). The highest BCUT2D eigenvalue weighted by atomic mass is 14.9. The van der Waals surface area contributed by atoms with Crippen molar-refractivity contribution in [3.63, 3.8) is 0 Å². The van der Waals surface area contributed by atoms with Crippen LogP contribution in [0.5, 0.6) is 0 Å². The third-order valence-electron chi connectivity index (χ3n) is 1.69. The maximum absolute atomic E-state index is 5.40. The monoisotopic (exact) mass is 152 g/mol. The summed E-state index contributed by atoms with van der Waals surface area (Å²) in [6.45, 7) is 0.745. The van der Waals surface area contributed by atoms with Gasteiger partial charge in [0.1, 0.15) is 7.05 Å². The fourth-order valence-electron chi connectivity index (χ4n) is 0.978. The number of aromatic nitrogens is 2. The first-order valence-corrected chi connectivity index (χ1v) is 3.83. The van der Waals surface area contributed by atoms with E-state index >= 15 is 0 Å². The standard InChI is InChI=1S/C8H14N3/c1-11-6-5-10-7-8(11)3-2-4-9/h5-7H,2-4,9H2,1H3/q+1. The van der Waals surface area contributed by atoms with E-state index in [0.717, 1.165) is 19.4 Å². The van der Waals surface area contributed by atoms with Gasteiger partial charge in [-0.15, -0.1) is 0 Å². The van der Waals surface area contributed by atoms with Crippen molar-refractivity contribution in [3.8, 4) is 0 Å². The molecule has 2 N–H and O–H groups in total. The molecule has 3 nitrogen and oxygen atoms in total. The lowest BCUT2D eigenvalue weighted by molar-refractivity contribution is -0.679. The zero-order valence-corrected chi connectivity index (χ0v) is 6.83. The Balaban J connectivity index is 2.62. The quantitative estimate of drug-likeness (QED) is 0.609. The van der Waals surface area contributed by atoms with Gasteiger partial charge in [-0.25, -0.2) is 4.57 Å². The summed E-state index contributed by atoms with van der Waals surface area (Å²) < 4.78 is 2.07. The molecule has 0 unspecified atom stereocenters. The minimum absolute atomic E-state index is 0.745. The van der Waals surface area contributed by atoms with Crippen LogP contribution in [0.2, 0.25) is 0 Å². The van der Waals surface area contributed by atoms with Crippen LogP contribution in [-0.2, 0) is 13.5 Å². The summed E-state index contributed by atoms with van der Waals surface area (Å²) in [7, 11) is 2.02. The molecule has 11 heavy (non-hydrogen) atoms. The highest BCUT2D eigenvalue weighted by molar-refractivity contribution is 4.86. The van der Waals surface area contributed by atoms with Gasteiger partial charge in [-0.05, 0) is 13.0 Å². The molecule has 0 atom stereocenters. The number of nitrogens with two attached hydrogens (primary N) is 1. The van der Waals surface area contributed by atoms with E-state index in [2.05, 4.69) is 9.55 Å². The van der Waals surface area contributed by atoms with Crippen LogP contribution < -0.4 is 10.3 Å². The van der Waals surface area contributed by atoms with Crippen LogP contribution in [-0.4, -0.2) is 11.5 Å². The zero-order chi connectivity index (χ0) is 8.10. The molecule has 0 aliphatic rings. The van der Waals surface area contributed by atoms with Gasteiger partial charge < -0.3 is 5.73 Å². The summed E-state index contributed by atoms with van der Waals surface area (Å²) in [5.74, 6) is 0. The van der Waals surface area contributed by atoms with Crippen LogP contribution in [0.15, 0.2) is 18.6 Å². The molecule has 0 spiro atoms. The molecule has 0 fully saturated rings. The number of hydrogen-bond acceptors (Lipinski definition) is 2. The molecule has 1 aromatic heterocycles. The Bertz CT molecular complexity index is 222. The fraction of sp³-hybridized carbons (Fsp3) is 0.500. The van der Waals surface area contributed by atoms with Crippen LogP contribution >= 0.6 is 0 Å². The van der Waals surface area contributed by atoms with Crippen LogP contribution in [0.25, 0.3) is 0 Å². The van der Waals surface area contributed by atoms with Crippen molar-refractivity contribution in [3.05, 3.63) is 24.3 Å². The van der Waals surface area contributed by atoms with E-state index in [0.29, 0.717) is 0 Å². The molecule has 0 aromatic carbocycles. The Kier molecular flexibility index (Phi) is 2.98. The third kappa shape index (κ3) is 2.27. The van der Waals surface area contributed by atoms with Gasteiger partial charge in [-0.2, -0.15) is 0 Å². The van der Waals surface area contributed by atoms with Gasteiger partial charge in [-0.1, -0.05) is 0 Å². The molecule has 1 heterocycles. The smallest absolute Gasteiger partial charge is 0.199 e. The zero-order valence-electron chi connectivity index (χ0n) is 6.83. The lowest BCUT2D eigenvalue weighted by Crippen LogP contribution is -2.33. The van der Waals surface area contributed by atoms with Crippen molar-refractivity contribution in [2.24, 2.45) is 12.8 Å². The lowest BCUT2D eigenvalue weighted by Gasteiger charge is -1.95. The molecule has 3 heteroatoms. The second-order valence-corrected chi connectivity index (χ2v) is 2.57. The van der Waals surface area contributed by atoms with Crippen molar-refractivity contribution in [1.29, 1.82) is 0 Å². The van der Waals surface area contributed by atoms with E-state index < -0.39 is 0 Å². The summed E-state index contributed by atoms with van der Waals surface area (Å²) in [5.41, 5.74) is 6.63. The van der Waals surface area contributed by atoms with E-state index in [1.165, 1.54) is 5.69 Å². The summed E-state index contributed by atoms with van der Waals surface area (Å²) in [6.07, 6.45) is 7.66. The molecule has 0 aliphatic carbocycles. The van der Waals surface area contributed by atoms with Gasteiger partial charge in [0, 0.05) is 6.42 Å². The molecule has 0 amide bonds. The van der Waals surface area contributed by atoms with Crippen molar-refractivity contribution in [2.75, 3.05) is 6.54 Å². The summed E-state index contributed by atoms with van der Waals surface area (Å²) >= 11 is 0. The van der Waals surface area contributed by atoms with Crippen LogP contribution in [0.3, 0.4) is 0 Å². The number of rotatable bonds is 3. The summed E-state index contributed by atoms with van der Waals surface area (Å²) in [5, 5.41) is 0. The molecular formula is C8H14N3+. The maximum Gasteiger partial charge on any atom is 0.199 e. The van der Waals surface area contributed by atoms with Gasteiger partial charge in [0.15, 0.2) is 11.9 Å². The Morgan fingerprint density at radius 3 is 3.09 bits per heavy atom. The first-order chi connectivity index (χ1) is 5.34. The van der Waals surface area contributed by atoms with Gasteiger partial charge in [-0.3, -0.25) is 4.98 Å². The van der Waals surface area contributed by atoms with E-state index in [4.69, 9.17) is 5.73 Å². The lowest BCUT2D eigenvalue weighted by atomic mass is 10.2. The predicted octanol–water partition coefficient (Wildman–Crippen LogP) is -0.203. The molecule has 0 saturated carbocycles. The largest absolute Gasteiger partial charge is 0.330 e. The second-order valence-electron chi connectivity index (χ2n) is 2.57.